The molecule has 2 N–H and O–H groups in total. The van der Waals surface area contributed by atoms with Crippen molar-refractivity contribution in [2.75, 3.05) is 5.43 Å². The molecule has 3 aromatic rings. The van der Waals surface area contributed by atoms with Gasteiger partial charge in [0.25, 0.3) is 5.56 Å². The van der Waals surface area contributed by atoms with Crippen LogP contribution in [0.3, 0.4) is 0 Å². The summed E-state index contributed by atoms with van der Waals surface area (Å²) >= 11 is 5.87. The van der Waals surface area contributed by atoms with Gasteiger partial charge in [-0.1, -0.05) is 29.8 Å². The molecule has 0 bridgehead atoms. The summed E-state index contributed by atoms with van der Waals surface area (Å²) in [7, 11) is 0. The van der Waals surface area contributed by atoms with Crippen molar-refractivity contribution in [2.24, 2.45) is 5.10 Å². The van der Waals surface area contributed by atoms with Crippen LogP contribution in [0.4, 0.5) is 5.95 Å². The number of hydrazone groups is 1. The fourth-order valence-corrected chi connectivity index (χ4v) is 2.19. The molecule has 0 saturated heterocycles. The van der Waals surface area contributed by atoms with Crippen LogP contribution in [0.5, 0.6) is 0 Å². The third-order valence-electron chi connectivity index (χ3n) is 3.22. The largest absolute Gasteiger partial charge is 0.290 e. The summed E-state index contributed by atoms with van der Waals surface area (Å²) in [5, 5.41) is 13.8. The summed E-state index contributed by atoms with van der Waals surface area (Å²) in [4.78, 5) is 22.8. The van der Waals surface area contributed by atoms with Gasteiger partial charge in [-0.05, 0) is 18.2 Å². The van der Waals surface area contributed by atoms with Gasteiger partial charge in [-0.25, -0.2) is 10.4 Å². The van der Waals surface area contributed by atoms with E-state index in [4.69, 9.17) is 11.6 Å². The molecule has 0 radical (unpaired) electrons. The number of halogens is 1. The number of pyridine rings is 1. The summed E-state index contributed by atoms with van der Waals surface area (Å²) in [6.07, 6.45) is 4.83. The first-order chi connectivity index (χ1) is 12.2. The molecule has 8 heteroatoms. The van der Waals surface area contributed by atoms with Crippen molar-refractivity contribution >= 4 is 23.8 Å². The van der Waals surface area contributed by atoms with Gasteiger partial charge in [0.05, 0.1) is 11.9 Å². The molecule has 3 rings (SSSR count). The molecule has 0 saturated carbocycles. The van der Waals surface area contributed by atoms with Crippen LogP contribution in [0.2, 0.25) is 5.02 Å². The molecule has 0 aliphatic carbocycles. The van der Waals surface area contributed by atoms with Crippen molar-refractivity contribution in [1.82, 2.24) is 15.0 Å². The molecule has 0 unspecified atom stereocenters. The fourth-order valence-electron chi connectivity index (χ4n) is 2.07. The van der Waals surface area contributed by atoms with Gasteiger partial charge in [0.1, 0.15) is 11.6 Å². The highest BCUT2D eigenvalue weighted by atomic mass is 35.5. The lowest BCUT2D eigenvalue weighted by atomic mass is 10.1. The highest BCUT2D eigenvalue weighted by Gasteiger charge is 2.13. The van der Waals surface area contributed by atoms with Crippen LogP contribution >= 0.6 is 11.6 Å². The number of rotatable bonds is 4. The smallest absolute Gasteiger partial charge is 0.270 e. The van der Waals surface area contributed by atoms with Gasteiger partial charge >= 0.3 is 0 Å². The van der Waals surface area contributed by atoms with Crippen molar-refractivity contribution < 1.29 is 0 Å². The number of H-pyrrole nitrogens is 1. The van der Waals surface area contributed by atoms with E-state index in [1.54, 1.807) is 42.7 Å². The summed E-state index contributed by atoms with van der Waals surface area (Å²) in [5.74, 6) is 0.120. The maximum Gasteiger partial charge on any atom is 0.270 e. The molecule has 1 aromatic carbocycles. The molecular weight excluding hydrogens is 340 g/mol. The molecule has 7 nitrogen and oxygen atoms in total. The number of nitrogens with zero attached hydrogens (tertiary/aromatic N) is 4. The number of aromatic amines is 1. The first-order valence-electron chi connectivity index (χ1n) is 7.17. The van der Waals surface area contributed by atoms with Crippen LogP contribution < -0.4 is 11.0 Å². The van der Waals surface area contributed by atoms with Gasteiger partial charge < -0.3 is 0 Å². The zero-order valence-electron chi connectivity index (χ0n) is 12.8. The second-order valence-corrected chi connectivity index (χ2v) is 5.35. The lowest BCUT2D eigenvalue weighted by Crippen LogP contribution is -2.16. The average Bonchev–Trinajstić information content (AvgIpc) is 2.63. The minimum atomic E-state index is -0.554. The van der Waals surface area contributed by atoms with Crippen LogP contribution in [0, 0.1) is 11.3 Å². The Hall–Kier alpha value is -3.50. The third kappa shape index (κ3) is 3.88. The van der Waals surface area contributed by atoms with E-state index in [9.17, 15) is 10.1 Å². The topological polar surface area (TPSA) is 107 Å². The van der Waals surface area contributed by atoms with Crippen LogP contribution in [-0.2, 0) is 0 Å². The quantitative estimate of drug-likeness (QED) is 0.555. The monoisotopic (exact) mass is 350 g/mol. The van der Waals surface area contributed by atoms with Crippen molar-refractivity contribution in [3.63, 3.8) is 0 Å². The van der Waals surface area contributed by atoms with Crippen LogP contribution in [0.25, 0.3) is 11.3 Å². The number of hydrogen-bond acceptors (Lipinski definition) is 6. The Morgan fingerprint density at radius 1 is 1.28 bits per heavy atom. The normalized spacial score (nSPS) is 10.6. The fraction of sp³-hybridized carbons (Fsp3) is 0. The van der Waals surface area contributed by atoms with Gasteiger partial charge in [-0.3, -0.25) is 14.8 Å². The van der Waals surface area contributed by atoms with Crippen molar-refractivity contribution in [2.45, 2.75) is 0 Å². The van der Waals surface area contributed by atoms with E-state index in [0.29, 0.717) is 10.6 Å². The van der Waals surface area contributed by atoms with Gasteiger partial charge in [0.2, 0.25) is 5.95 Å². The SMILES string of the molecule is N#Cc1c(-c2ccc(Cl)cc2)nc(NN=Cc2cccnc2)[nH]c1=O. The average molecular weight is 351 g/mol. The standard InChI is InChI=1S/C17H11ClN6O/c18-13-5-3-12(4-6-13)15-14(8-19)16(25)23-17(22-15)24-21-10-11-2-1-7-20-9-11/h1-7,9-10H,(H2,22,23,24,25). The predicted octanol–water partition coefficient (Wildman–Crippen LogP) is 2.80. The Kier molecular flexibility index (Phi) is 4.83. The van der Waals surface area contributed by atoms with Crippen molar-refractivity contribution in [3.8, 4) is 17.3 Å². The lowest BCUT2D eigenvalue weighted by Gasteiger charge is -2.06. The van der Waals surface area contributed by atoms with E-state index in [0.717, 1.165) is 5.56 Å². The van der Waals surface area contributed by atoms with Gasteiger partial charge in [0, 0.05) is 28.5 Å². The first kappa shape index (κ1) is 16.4. The van der Waals surface area contributed by atoms with Crippen LogP contribution in [0.1, 0.15) is 11.1 Å². The van der Waals surface area contributed by atoms with E-state index in [2.05, 4.69) is 25.5 Å². The molecular formula is C17H11ClN6O. The Labute approximate surface area is 147 Å². The van der Waals surface area contributed by atoms with Gasteiger partial charge in [-0.2, -0.15) is 10.4 Å². The Bertz CT molecular complexity index is 1010. The predicted molar refractivity (Wildman–Crippen MR) is 95.5 cm³/mol. The lowest BCUT2D eigenvalue weighted by molar-refractivity contribution is 1.08. The maximum atomic E-state index is 12.1. The van der Waals surface area contributed by atoms with E-state index in [-0.39, 0.29) is 17.2 Å². The molecule has 122 valence electrons. The van der Waals surface area contributed by atoms with Crippen molar-refractivity contribution in [1.29, 1.82) is 5.26 Å². The van der Waals surface area contributed by atoms with E-state index >= 15 is 0 Å². The second kappa shape index (κ2) is 7.38. The number of aromatic nitrogens is 3. The van der Waals surface area contributed by atoms with Gasteiger partial charge in [-0.15, -0.1) is 0 Å². The number of benzene rings is 1. The van der Waals surface area contributed by atoms with E-state index in [1.807, 2.05) is 12.1 Å². The molecule has 0 amide bonds. The molecule has 2 aromatic heterocycles. The molecule has 0 spiro atoms. The van der Waals surface area contributed by atoms with Crippen molar-refractivity contribution in [3.05, 3.63) is 75.3 Å². The Balaban J connectivity index is 1.94. The summed E-state index contributed by atoms with van der Waals surface area (Å²) in [5.41, 5.74) is 3.65. The molecule has 0 atom stereocenters. The minimum absolute atomic E-state index is 0.0795. The molecule has 25 heavy (non-hydrogen) atoms. The summed E-state index contributed by atoms with van der Waals surface area (Å²) in [6.45, 7) is 0. The highest BCUT2D eigenvalue weighted by molar-refractivity contribution is 6.30. The van der Waals surface area contributed by atoms with Crippen LogP contribution in [0.15, 0.2) is 58.7 Å². The Morgan fingerprint density at radius 3 is 2.76 bits per heavy atom. The first-order valence-corrected chi connectivity index (χ1v) is 7.54. The summed E-state index contributed by atoms with van der Waals surface area (Å²) in [6, 6.07) is 12.2. The zero-order valence-corrected chi connectivity index (χ0v) is 13.5. The summed E-state index contributed by atoms with van der Waals surface area (Å²) < 4.78 is 0. The number of nitriles is 1. The minimum Gasteiger partial charge on any atom is -0.290 e. The second-order valence-electron chi connectivity index (χ2n) is 4.91. The molecule has 0 aliphatic rings. The molecule has 0 fully saturated rings. The Morgan fingerprint density at radius 2 is 2.08 bits per heavy atom. The zero-order chi connectivity index (χ0) is 17.6. The maximum absolute atomic E-state index is 12.1. The molecule has 2 heterocycles. The van der Waals surface area contributed by atoms with Crippen LogP contribution in [-0.4, -0.2) is 21.2 Å². The number of hydrogen-bond donors (Lipinski definition) is 2. The number of anilines is 1. The van der Waals surface area contributed by atoms with E-state index < -0.39 is 5.56 Å². The van der Waals surface area contributed by atoms with E-state index in [1.165, 1.54) is 6.21 Å². The highest BCUT2D eigenvalue weighted by Crippen LogP contribution is 2.22. The third-order valence-corrected chi connectivity index (χ3v) is 3.47. The van der Waals surface area contributed by atoms with Gasteiger partial charge in [0.15, 0.2) is 0 Å². The molecule has 0 aliphatic heterocycles. The number of nitrogens with one attached hydrogen (secondary N) is 2.